The zero-order chi connectivity index (χ0) is 13.1. The molecule has 1 N–H and O–H groups in total. The number of hydrogen-bond donors (Lipinski definition) is 1. The third kappa shape index (κ3) is 2.47. The number of fused-ring (bicyclic) bond motifs is 2. The van der Waals surface area contributed by atoms with Crippen molar-refractivity contribution in [2.24, 2.45) is 0 Å². The van der Waals surface area contributed by atoms with Crippen LogP contribution < -0.4 is 5.32 Å². The molecule has 3 aliphatic rings. The first-order chi connectivity index (χ1) is 8.75. The number of amides is 2. The van der Waals surface area contributed by atoms with Crippen molar-refractivity contribution in [3.05, 3.63) is 0 Å². The van der Waals surface area contributed by atoms with E-state index in [1.807, 2.05) is 18.7 Å². The number of carbonyl (C=O) groups excluding carboxylic acids is 1. The highest BCUT2D eigenvalue weighted by molar-refractivity contribution is 5.76. The van der Waals surface area contributed by atoms with Crippen LogP contribution in [-0.2, 0) is 0 Å². The van der Waals surface area contributed by atoms with Crippen molar-refractivity contribution < 1.29 is 4.79 Å². The molecule has 2 atom stereocenters. The summed E-state index contributed by atoms with van der Waals surface area (Å²) in [6.45, 7) is 9.75. The second kappa shape index (κ2) is 5.89. The Labute approximate surface area is 110 Å². The summed E-state index contributed by atoms with van der Waals surface area (Å²) in [5.74, 6) is 0. The number of urea groups is 1. The Kier molecular flexibility index (Phi) is 4.45. The lowest BCUT2D eigenvalue weighted by molar-refractivity contribution is 0.00280. The highest BCUT2D eigenvalue weighted by Crippen LogP contribution is 2.29. The first-order valence-corrected chi connectivity index (χ1v) is 7.22. The highest BCUT2D eigenvalue weighted by atomic mass is 16.2. The molecule has 5 nitrogen and oxygen atoms in total. The molecule has 2 amide bonds. The summed E-state index contributed by atoms with van der Waals surface area (Å²) in [5.41, 5.74) is 0. The maximum Gasteiger partial charge on any atom is 0.320 e. The van der Waals surface area contributed by atoms with Crippen LogP contribution >= 0.6 is 0 Å². The molecule has 0 spiro atoms. The third-order valence-corrected chi connectivity index (χ3v) is 4.09. The van der Waals surface area contributed by atoms with Crippen LogP contribution in [0.1, 0.15) is 20.3 Å². The van der Waals surface area contributed by atoms with Crippen LogP contribution in [0.15, 0.2) is 0 Å². The fourth-order valence-corrected chi connectivity index (χ4v) is 2.95. The largest absolute Gasteiger partial charge is 0.322 e. The summed E-state index contributed by atoms with van der Waals surface area (Å²) in [7, 11) is 2.12. The molecular weight excluding hydrogens is 228 g/mol. The summed E-state index contributed by atoms with van der Waals surface area (Å²) in [5, 5.41) is 3.36. The molecule has 0 aromatic heterocycles. The minimum absolute atomic E-state index is 0.274. The molecule has 3 fully saturated rings. The van der Waals surface area contributed by atoms with Gasteiger partial charge in [0.05, 0.1) is 0 Å². The van der Waals surface area contributed by atoms with E-state index in [1.165, 1.54) is 6.42 Å². The topological polar surface area (TPSA) is 38.8 Å². The average Bonchev–Trinajstić information content (AvgIpc) is 2.42. The maximum atomic E-state index is 12.3. The van der Waals surface area contributed by atoms with Gasteiger partial charge in [0.15, 0.2) is 0 Å². The highest BCUT2D eigenvalue weighted by Gasteiger charge is 2.45. The second-order valence-corrected chi connectivity index (χ2v) is 5.18. The maximum absolute atomic E-state index is 12.3. The van der Waals surface area contributed by atoms with Gasteiger partial charge in [-0.1, -0.05) is 13.8 Å². The molecule has 2 unspecified atom stereocenters. The molecule has 3 heterocycles. The summed E-state index contributed by atoms with van der Waals surface area (Å²) in [4.78, 5) is 18.7. The van der Waals surface area contributed by atoms with Gasteiger partial charge in [0, 0.05) is 51.4 Å². The third-order valence-electron chi connectivity index (χ3n) is 4.09. The van der Waals surface area contributed by atoms with Crippen LogP contribution in [0, 0.1) is 0 Å². The van der Waals surface area contributed by atoms with Crippen molar-refractivity contribution in [2.75, 3.05) is 46.3 Å². The van der Waals surface area contributed by atoms with E-state index < -0.39 is 0 Å². The van der Waals surface area contributed by atoms with E-state index in [0.29, 0.717) is 12.1 Å². The van der Waals surface area contributed by atoms with E-state index in [2.05, 4.69) is 22.2 Å². The Morgan fingerprint density at radius 3 is 2.11 bits per heavy atom. The van der Waals surface area contributed by atoms with Crippen LogP contribution in [0.2, 0.25) is 0 Å². The zero-order valence-electron chi connectivity index (χ0n) is 11.9. The van der Waals surface area contributed by atoms with Crippen molar-refractivity contribution in [3.8, 4) is 0 Å². The Balaban J connectivity index is 0.000000574. The summed E-state index contributed by atoms with van der Waals surface area (Å²) in [6.07, 6.45) is 1.20. The predicted octanol–water partition coefficient (Wildman–Crippen LogP) is 0.426. The van der Waals surface area contributed by atoms with Gasteiger partial charge in [-0.25, -0.2) is 4.79 Å². The monoisotopic (exact) mass is 254 g/mol. The molecule has 2 bridgehead atoms. The van der Waals surface area contributed by atoms with Crippen molar-refractivity contribution >= 4 is 6.03 Å². The number of carbonyl (C=O) groups is 1. The summed E-state index contributed by atoms with van der Waals surface area (Å²) in [6, 6.07) is 1.20. The van der Waals surface area contributed by atoms with Gasteiger partial charge >= 0.3 is 6.03 Å². The molecule has 0 aromatic carbocycles. The summed E-state index contributed by atoms with van der Waals surface area (Å²) >= 11 is 0. The van der Waals surface area contributed by atoms with Gasteiger partial charge in [-0.15, -0.1) is 0 Å². The second-order valence-electron chi connectivity index (χ2n) is 5.18. The number of likely N-dealkylation sites (N-methyl/N-ethyl adjacent to an activating group) is 1. The SMILES string of the molecule is CC.CN1CCN(C(=O)N2C3CNCC2C3)CC1. The molecule has 3 rings (SSSR count). The molecule has 3 aliphatic heterocycles. The standard InChI is InChI=1S/C11H20N4O.C2H6/c1-13-2-4-14(5-3-13)11(16)15-9-6-10(15)8-12-7-9;1-2/h9-10,12H,2-8H2,1H3;1-2H3. The molecule has 0 saturated carbocycles. The number of piperidine rings is 1. The lowest BCUT2D eigenvalue weighted by Gasteiger charge is -2.54. The van der Waals surface area contributed by atoms with Crippen molar-refractivity contribution in [2.45, 2.75) is 32.4 Å². The molecule has 0 aromatic rings. The van der Waals surface area contributed by atoms with Gasteiger partial charge in [0.1, 0.15) is 0 Å². The average molecular weight is 254 g/mol. The number of nitrogens with zero attached hydrogens (tertiary/aromatic N) is 3. The van der Waals surface area contributed by atoms with E-state index >= 15 is 0 Å². The van der Waals surface area contributed by atoms with Crippen molar-refractivity contribution in [3.63, 3.8) is 0 Å². The normalized spacial score (nSPS) is 31.3. The Morgan fingerprint density at radius 2 is 1.61 bits per heavy atom. The molecule has 5 heteroatoms. The fourth-order valence-electron chi connectivity index (χ4n) is 2.95. The van der Waals surface area contributed by atoms with Crippen LogP contribution in [0.4, 0.5) is 4.79 Å². The van der Waals surface area contributed by atoms with Gasteiger partial charge in [-0.3, -0.25) is 0 Å². The van der Waals surface area contributed by atoms with Gasteiger partial charge in [0.25, 0.3) is 0 Å². The van der Waals surface area contributed by atoms with E-state index in [1.54, 1.807) is 0 Å². The van der Waals surface area contributed by atoms with Gasteiger partial charge < -0.3 is 20.0 Å². The Morgan fingerprint density at radius 1 is 1.06 bits per heavy atom. The fraction of sp³-hybridized carbons (Fsp3) is 0.923. The lowest BCUT2D eigenvalue weighted by atomic mass is 9.89. The summed E-state index contributed by atoms with van der Waals surface area (Å²) < 4.78 is 0. The number of nitrogens with one attached hydrogen (secondary N) is 1. The van der Waals surface area contributed by atoms with Crippen LogP contribution in [0.5, 0.6) is 0 Å². The molecule has 0 radical (unpaired) electrons. The molecule has 18 heavy (non-hydrogen) atoms. The van der Waals surface area contributed by atoms with E-state index in [-0.39, 0.29) is 6.03 Å². The Bertz CT molecular complexity index is 275. The molecule has 0 aliphatic carbocycles. The quantitative estimate of drug-likeness (QED) is 0.681. The number of piperazine rings is 2. The van der Waals surface area contributed by atoms with E-state index in [4.69, 9.17) is 0 Å². The lowest BCUT2D eigenvalue weighted by Crippen LogP contribution is -2.71. The van der Waals surface area contributed by atoms with Crippen LogP contribution in [-0.4, -0.2) is 79.1 Å². The van der Waals surface area contributed by atoms with Crippen LogP contribution in [0.25, 0.3) is 0 Å². The predicted molar refractivity (Wildman–Crippen MR) is 72.7 cm³/mol. The van der Waals surface area contributed by atoms with Crippen molar-refractivity contribution in [1.29, 1.82) is 0 Å². The van der Waals surface area contributed by atoms with Gasteiger partial charge in [-0.2, -0.15) is 0 Å². The molecule has 3 saturated heterocycles. The van der Waals surface area contributed by atoms with E-state index in [9.17, 15) is 4.79 Å². The number of rotatable bonds is 0. The Hall–Kier alpha value is -0.810. The minimum Gasteiger partial charge on any atom is -0.322 e. The smallest absolute Gasteiger partial charge is 0.320 e. The molecule has 104 valence electrons. The van der Waals surface area contributed by atoms with Gasteiger partial charge in [0.2, 0.25) is 0 Å². The first kappa shape index (κ1) is 13.6. The van der Waals surface area contributed by atoms with Gasteiger partial charge in [-0.05, 0) is 13.5 Å². The zero-order valence-corrected chi connectivity index (χ0v) is 11.9. The minimum atomic E-state index is 0.274. The van der Waals surface area contributed by atoms with Crippen molar-refractivity contribution in [1.82, 2.24) is 20.0 Å². The molecular formula is C13H26N4O. The number of hydrogen-bond acceptors (Lipinski definition) is 3. The van der Waals surface area contributed by atoms with E-state index in [0.717, 1.165) is 39.3 Å². The van der Waals surface area contributed by atoms with Crippen LogP contribution in [0.3, 0.4) is 0 Å². The first-order valence-electron chi connectivity index (χ1n) is 7.22.